The summed E-state index contributed by atoms with van der Waals surface area (Å²) in [4.78, 5) is 10.7. The predicted molar refractivity (Wildman–Crippen MR) is 83.0 cm³/mol. The average molecular weight is 267 g/mol. The number of anilines is 1. The molecular formula is C17H21N3. The second-order valence-corrected chi connectivity index (χ2v) is 6.32. The van der Waals surface area contributed by atoms with Gasteiger partial charge in [-0.3, -0.25) is 0 Å². The highest BCUT2D eigenvalue weighted by Crippen LogP contribution is 2.41. The van der Waals surface area contributed by atoms with Crippen LogP contribution in [0.1, 0.15) is 32.1 Å². The Labute approximate surface area is 119 Å². The van der Waals surface area contributed by atoms with Crippen molar-refractivity contribution in [3.05, 3.63) is 36.4 Å². The monoisotopic (exact) mass is 267 g/mol. The van der Waals surface area contributed by atoms with Crippen LogP contribution in [0.2, 0.25) is 0 Å². The van der Waals surface area contributed by atoms with E-state index in [0.29, 0.717) is 5.41 Å². The SMILES string of the molecule is C1=CCC2(CC1)CCCN(c1nc3ccccc3[nH]1)C2. The number of hydrogen-bond donors (Lipinski definition) is 1. The fraction of sp³-hybridized carbons (Fsp3) is 0.471. The van der Waals surface area contributed by atoms with Crippen LogP contribution in [-0.2, 0) is 0 Å². The average Bonchev–Trinajstić information content (AvgIpc) is 2.92. The van der Waals surface area contributed by atoms with Crippen LogP contribution in [0.25, 0.3) is 11.0 Å². The van der Waals surface area contributed by atoms with Gasteiger partial charge in [0.1, 0.15) is 0 Å². The third-order valence-corrected chi connectivity index (χ3v) is 4.90. The number of benzene rings is 1. The molecule has 1 aromatic carbocycles. The molecule has 1 atom stereocenters. The molecule has 1 N–H and O–H groups in total. The molecule has 1 spiro atoms. The Morgan fingerprint density at radius 2 is 2.10 bits per heavy atom. The van der Waals surface area contributed by atoms with E-state index < -0.39 is 0 Å². The van der Waals surface area contributed by atoms with Crippen LogP contribution in [0, 0.1) is 5.41 Å². The smallest absolute Gasteiger partial charge is 0.203 e. The van der Waals surface area contributed by atoms with E-state index in [0.717, 1.165) is 30.1 Å². The van der Waals surface area contributed by atoms with Crippen molar-refractivity contribution in [1.82, 2.24) is 9.97 Å². The molecule has 1 aliphatic carbocycles. The van der Waals surface area contributed by atoms with Gasteiger partial charge < -0.3 is 9.88 Å². The van der Waals surface area contributed by atoms with E-state index in [4.69, 9.17) is 4.98 Å². The van der Waals surface area contributed by atoms with Crippen molar-refractivity contribution < 1.29 is 0 Å². The molecule has 0 bridgehead atoms. The highest BCUT2D eigenvalue weighted by Gasteiger charge is 2.35. The molecule has 4 rings (SSSR count). The summed E-state index contributed by atoms with van der Waals surface area (Å²) in [5.74, 6) is 1.06. The Morgan fingerprint density at radius 3 is 2.95 bits per heavy atom. The first kappa shape index (κ1) is 12.0. The minimum atomic E-state index is 0.492. The molecule has 20 heavy (non-hydrogen) atoms. The molecule has 3 nitrogen and oxygen atoms in total. The van der Waals surface area contributed by atoms with Crippen LogP contribution in [0.15, 0.2) is 36.4 Å². The van der Waals surface area contributed by atoms with Gasteiger partial charge in [-0.2, -0.15) is 0 Å². The number of allylic oxidation sites excluding steroid dienone is 2. The summed E-state index contributed by atoms with van der Waals surface area (Å²) in [7, 11) is 0. The lowest BCUT2D eigenvalue weighted by atomic mass is 9.71. The van der Waals surface area contributed by atoms with E-state index in [1.165, 1.54) is 32.1 Å². The lowest BCUT2D eigenvalue weighted by Crippen LogP contribution is -2.44. The third kappa shape index (κ3) is 2.01. The maximum atomic E-state index is 4.77. The minimum Gasteiger partial charge on any atom is -0.342 e. The van der Waals surface area contributed by atoms with Crippen LogP contribution in [0.5, 0.6) is 0 Å². The zero-order chi connectivity index (χ0) is 13.4. The second kappa shape index (κ2) is 4.65. The number of hydrogen-bond acceptors (Lipinski definition) is 2. The van der Waals surface area contributed by atoms with Gasteiger partial charge in [0.2, 0.25) is 5.95 Å². The summed E-state index contributed by atoms with van der Waals surface area (Å²) in [6.07, 6.45) is 11.2. The topological polar surface area (TPSA) is 31.9 Å². The number of nitrogens with one attached hydrogen (secondary N) is 1. The van der Waals surface area contributed by atoms with Gasteiger partial charge in [-0.15, -0.1) is 0 Å². The van der Waals surface area contributed by atoms with Gasteiger partial charge >= 0.3 is 0 Å². The number of nitrogens with zero attached hydrogens (tertiary/aromatic N) is 2. The fourth-order valence-corrected chi connectivity index (χ4v) is 3.79. The standard InChI is InChI=1S/C17H21N3/c1-4-9-17(10-5-1)11-6-12-20(13-17)16-18-14-7-2-3-8-15(14)19-16/h1-4,7-8H,5-6,9-13H2,(H,18,19). The Hall–Kier alpha value is -1.77. The van der Waals surface area contributed by atoms with Gasteiger partial charge in [0.25, 0.3) is 0 Å². The summed E-state index contributed by atoms with van der Waals surface area (Å²) in [5.41, 5.74) is 2.71. The molecule has 0 amide bonds. The van der Waals surface area contributed by atoms with E-state index in [9.17, 15) is 0 Å². The molecule has 104 valence electrons. The lowest BCUT2D eigenvalue weighted by Gasteiger charge is -2.43. The van der Waals surface area contributed by atoms with Crippen molar-refractivity contribution in [1.29, 1.82) is 0 Å². The largest absolute Gasteiger partial charge is 0.342 e. The molecule has 1 unspecified atom stereocenters. The first-order valence-electron chi connectivity index (χ1n) is 7.69. The fourth-order valence-electron chi connectivity index (χ4n) is 3.79. The molecule has 1 saturated heterocycles. The molecule has 2 aromatic rings. The first-order valence-corrected chi connectivity index (χ1v) is 7.69. The number of para-hydroxylation sites is 2. The van der Waals surface area contributed by atoms with Crippen LogP contribution >= 0.6 is 0 Å². The maximum absolute atomic E-state index is 4.77. The highest BCUT2D eigenvalue weighted by atomic mass is 15.3. The van der Waals surface area contributed by atoms with Crippen molar-refractivity contribution in [2.24, 2.45) is 5.41 Å². The van der Waals surface area contributed by atoms with Crippen LogP contribution in [0.3, 0.4) is 0 Å². The molecule has 1 aromatic heterocycles. The molecule has 3 heteroatoms. The molecule has 2 aliphatic rings. The molecule has 0 saturated carbocycles. The van der Waals surface area contributed by atoms with Gasteiger partial charge in [-0.1, -0.05) is 24.3 Å². The number of rotatable bonds is 1. The summed E-state index contributed by atoms with van der Waals surface area (Å²) in [6, 6.07) is 8.30. The third-order valence-electron chi connectivity index (χ3n) is 4.90. The second-order valence-electron chi connectivity index (χ2n) is 6.32. The van der Waals surface area contributed by atoms with E-state index in [-0.39, 0.29) is 0 Å². The van der Waals surface area contributed by atoms with Crippen LogP contribution < -0.4 is 4.90 Å². The molecule has 1 fully saturated rings. The maximum Gasteiger partial charge on any atom is 0.203 e. The van der Waals surface area contributed by atoms with Crippen molar-refractivity contribution in [2.75, 3.05) is 18.0 Å². The number of fused-ring (bicyclic) bond motifs is 1. The van der Waals surface area contributed by atoms with Gasteiger partial charge in [0.05, 0.1) is 11.0 Å². The Balaban J connectivity index is 1.62. The number of piperidine rings is 1. The Bertz CT molecular complexity index is 609. The molecule has 1 aliphatic heterocycles. The van der Waals surface area contributed by atoms with Gasteiger partial charge in [-0.25, -0.2) is 4.98 Å². The van der Waals surface area contributed by atoms with Gasteiger partial charge in [-0.05, 0) is 49.7 Å². The normalized spacial score (nSPS) is 26.5. The highest BCUT2D eigenvalue weighted by molar-refractivity contribution is 5.77. The minimum absolute atomic E-state index is 0.492. The van der Waals surface area contributed by atoms with Crippen LogP contribution in [0.4, 0.5) is 5.95 Å². The molecule has 2 heterocycles. The lowest BCUT2D eigenvalue weighted by molar-refractivity contribution is 0.208. The summed E-state index contributed by atoms with van der Waals surface area (Å²) < 4.78 is 0. The van der Waals surface area contributed by atoms with E-state index in [1.807, 2.05) is 0 Å². The van der Waals surface area contributed by atoms with Gasteiger partial charge in [0.15, 0.2) is 0 Å². The zero-order valence-corrected chi connectivity index (χ0v) is 11.8. The van der Waals surface area contributed by atoms with E-state index in [2.05, 4.69) is 46.3 Å². The molecular weight excluding hydrogens is 246 g/mol. The number of aromatic nitrogens is 2. The summed E-state index contributed by atoms with van der Waals surface area (Å²) >= 11 is 0. The number of aromatic amines is 1. The van der Waals surface area contributed by atoms with Crippen molar-refractivity contribution >= 4 is 17.0 Å². The predicted octanol–water partition coefficient (Wildman–Crippen LogP) is 3.89. The van der Waals surface area contributed by atoms with E-state index in [1.54, 1.807) is 0 Å². The van der Waals surface area contributed by atoms with Crippen molar-refractivity contribution in [3.63, 3.8) is 0 Å². The van der Waals surface area contributed by atoms with E-state index >= 15 is 0 Å². The number of H-pyrrole nitrogens is 1. The van der Waals surface area contributed by atoms with Crippen molar-refractivity contribution in [2.45, 2.75) is 32.1 Å². The zero-order valence-electron chi connectivity index (χ0n) is 11.8. The van der Waals surface area contributed by atoms with Gasteiger partial charge in [0, 0.05) is 13.1 Å². The Morgan fingerprint density at radius 1 is 1.15 bits per heavy atom. The number of imidazole rings is 1. The first-order chi connectivity index (χ1) is 9.85. The quantitative estimate of drug-likeness (QED) is 0.795. The Kier molecular flexibility index (Phi) is 2.79. The summed E-state index contributed by atoms with van der Waals surface area (Å²) in [6.45, 7) is 2.28. The molecule has 0 radical (unpaired) electrons. The van der Waals surface area contributed by atoms with Crippen molar-refractivity contribution in [3.8, 4) is 0 Å². The summed E-state index contributed by atoms with van der Waals surface area (Å²) in [5, 5.41) is 0. The van der Waals surface area contributed by atoms with Crippen LogP contribution in [-0.4, -0.2) is 23.1 Å².